The topological polar surface area (TPSA) is 81.8 Å². The number of hydrogen-bond acceptors (Lipinski definition) is 7. The highest BCUT2D eigenvalue weighted by atomic mass is 35.5. The molecule has 2 fully saturated rings. The van der Waals surface area contributed by atoms with Crippen LogP contribution in [0.3, 0.4) is 0 Å². The quantitative estimate of drug-likeness (QED) is 0.215. The van der Waals surface area contributed by atoms with E-state index >= 15 is 0 Å². The number of esters is 1. The Kier molecular flexibility index (Phi) is 6.63. The van der Waals surface area contributed by atoms with E-state index in [1.165, 1.54) is 0 Å². The molecule has 0 radical (unpaired) electrons. The number of pyridine rings is 1. The van der Waals surface area contributed by atoms with Crippen LogP contribution in [0.1, 0.15) is 60.8 Å². The van der Waals surface area contributed by atoms with Gasteiger partial charge in [-0.3, -0.25) is 4.98 Å². The van der Waals surface area contributed by atoms with E-state index in [1.54, 1.807) is 12.1 Å². The molecule has 9 heteroatoms. The molecule has 1 aliphatic carbocycles. The second-order valence-electron chi connectivity index (χ2n) is 12.0. The van der Waals surface area contributed by atoms with Crippen LogP contribution >= 0.6 is 11.6 Å². The molecular formula is C33H32ClN5O3. The molecule has 1 aliphatic heterocycles. The van der Waals surface area contributed by atoms with Gasteiger partial charge in [-0.05, 0) is 51.5 Å². The summed E-state index contributed by atoms with van der Waals surface area (Å²) in [6.07, 6.45) is 0.943. The third-order valence-corrected chi connectivity index (χ3v) is 8.03. The van der Waals surface area contributed by atoms with Crippen LogP contribution in [0.4, 0.5) is 5.69 Å². The maximum Gasteiger partial charge on any atom is 0.338 e. The monoisotopic (exact) mass is 581 g/mol. The molecule has 0 N–H and O–H groups in total. The Bertz CT molecular complexity index is 1810. The lowest BCUT2D eigenvalue weighted by molar-refractivity contribution is 0.00695. The van der Waals surface area contributed by atoms with E-state index in [-0.39, 0.29) is 17.8 Å². The third-order valence-electron chi connectivity index (χ3n) is 7.85. The van der Waals surface area contributed by atoms with Gasteiger partial charge in [0.05, 0.1) is 41.4 Å². The summed E-state index contributed by atoms with van der Waals surface area (Å²) in [5.74, 6) is 0.0756. The Morgan fingerprint density at radius 3 is 2.50 bits per heavy atom. The van der Waals surface area contributed by atoms with E-state index in [0.717, 1.165) is 64.4 Å². The minimum Gasteiger partial charge on any atom is -0.456 e. The average molecular weight is 582 g/mol. The van der Waals surface area contributed by atoms with Crippen molar-refractivity contribution in [3.8, 4) is 11.3 Å². The molecule has 0 amide bonds. The molecule has 5 aromatic rings. The van der Waals surface area contributed by atoms with Gasteiger partial charge in [-0.15, -0.1) is 0 Å². The summed E-state index contributed by atoms with van der Waals surface area (Å²) in [7, 11) is 0. The molecule has 7 rings (SSSR count). The van der Waals surface area contributed by atoms with Crippen LogP contribution < -0.4 is 4.90 Å². The number of aromatic nitrogens is 4. The van der Waals surface area contributed by atoms with Crippen molar-refractivity contribution in [3.63, 3.8) is 0 Å². The summed E-state index contributed by atoms with van der Waals surface area (Å²) in [5, 5.41) is 6.26. The van der Waals surface area contributed by atoms with Crippen LogP contribution in [0.15, 0.2) is 66.7 Å². The first-order chi connectivity index (χ1) is 20.2. The average Bonchev–Trinajstić information content (AvgIpc) is 3.69. The number of imidazole rings is 1. The first-order valence-corrected chi connectivity index (χ1v) is 14.7. The van der Waals surface area contributed by atoms with Crippen LogP contribution in [-0.4, -0.2) is 57.5 Å². The number of benzene rings is 2. The van der Waals surface area contributed by atoms with Gasteiger partial charge in [-0.1, -0.05) is 48.0 Å². The lowest BCUT2D eigenvalue weighted by atomic mass is 10.0. The van der Waals surface area contributed by atoms with Crippen LogP contribution in [0.2, 0.25) is 5.15 Å². The van der Waals surface area contributed by atoms with Crippen molar-refractivity contribution in [2.75, 3.05) is 31.2 Å². The molecule has 42 heavy (non-hydrogen) atoms. The first-order valence-electron chi connectivity index (χ1n) is 14.4. The van der Waals surface area contributed by atoms with E-state index < -0.39 is 5.60 Å². The Balaban J connectivity index is 1.32. The number of hydrogen-bond donors (Lipinski definition) is 0. The summed E-state index contributed by atoms with van der Waals surface area (Å²) in [6.45, 7) is 8.40. The molecule has 4 heterocycles. The summed E-state index contributed by atoms with van der Waals surface area (Å²) in [6, 6.07) is 21.8. The number of ether oxygens (including phenoxy) is 2. The van der Waals surface area contributed by atoms with Gasteiger partial charge < -0.3 is 14.4 Å². The van der Waals surface area contributed by atoms with Gasteiger partial charge in [0.1, 0.15) is 5.60 Å². The lowest BCUT2D eigenvalue weighted by Gasteiger charge is -2.28. The molecule has 1 saturated carbocycles. The fourth-order valence-electron chi connectivity index (χ4n) is 5.77. The molecule has 2 aromatic carbocycles. The molecule has 2 aliphatic rings. The second-order valence-corrected chi connectivity index (χ2v) is 12.4. The summed E-state index contributed by atoms with van der Waals surface area (Å²) >= 11 is 6.63. The summed E-state index contributed by atoms with van der Waals surface area (Å²) in [4.78, 5) is 25.2. The number of rotatable bonds is 5. The van der Waals surface area contributed by atoms with E-state index in [1.807, 2.05) is 55.6 Å². The van der Waals surface area contributed by atoms with Gasteiger partial charge in [-0.2, -0.15) is 5.10 Å². The van der Waals surface area contributed by atoms with E-state index in [0.29, 0.717) is 23.9 Å². The molecule has 0 unspecified atom stereocenters. The lowest BCUT2D eigenvalue weighted by Crippen LogP contribution is -2.36. The van der Waals surface area contributed by atoms with E-state index in [2.05, 4.69) is 29.2 Å². The number of halogens is 1. The Labute approximate surface area is 249 Å². The van der Waals surface area contributed by atoms with Crippen LogP contribution in [0.25, 0.3) is 27.8 Å². The van der Waals surface area contributed by atoms with Crippen molar-refractivity contribution in [1.82, 2.24) is 19.6 Å². The zero-order chi connectivity index (χ0) is 29.0. The number of nitrogens with zero attached hydrogens (tertiary/aromatic N) is 5. The molecule has 1 saturated heterocycles. The minimum absolute atomic E-state index is 0.178. The predicted octanol–water partition coefficient (Wildman–Crippen LogP) is 6.66. The molecule has 214 valence electrons. The van der Waals surface area contributed by atoms with E-state index in [4.69, 9.17) is 36.1 Å². The highest BCUT2D eigenvalue weighted by Crippen LogP contribution is 2.56. The minimum atomic E-state index is -0.571. The summed E-state index contributed by atoms with van der Waals surface area (Å²) < 4.78 is 13.1. The van der Waals surface area contributed by atoms with Crippen molar-refractivity contribution in [3.05, 3.63) is 88.8 Å². The standard InChI is InChI=1S/C33H32ClN5O3/c1-33(2,3)42-32(40)22-10-8-21(9-11-22)30-29(24-18-23(24)26-13-12-20-6-4-5-7-25(20)35-26)36-31-27(19-28(34)37-39(30)31)38-14-16-41-17-15-38/h4-13,19,23-24H,14-18H2,1-3H3/t23-,24-/m1/s1. The van der Waals surface area contributed by atoms with Gasteiger partial charge in [0, 0.05) is 47.6 Å². The predicted molar refractivity (Wildman–Crippen MR) is 163 cm³/mol. The van der Waals surface area contributed by atoms with Crippen LogP contribution in [0.5, 0.6) is 0 Å². The molecule has 3 aromatic heterocycles. The Hall–Kier alpha value is -4.01. The summed E-state index contributed by atoms with van der Waals surface area (Å²) in [5.41, 5.74) is 6.45. The van der Waals surface area contributed by atoms with Gasteiger partial charge in [0.25, 0.3) is 0 Å². The fraction of sp³-hybridized carbons (Fsp3) is 0.333. The van der Waals surface area contributed by atoms with Crippen LogP contribution in [-0.2, 0) is 9.47 Å². The number of carbonyl (C=O) groups is 1. The number of anilines is 1. The van der Waals surface area contributed by atoms with E-state index in [9.17, 15) is 4.79 Å². The number of morpholine rings is 1. The Morgan fingerprint density at radius 2 is 1.74 bits per heavy atom. The SMILES string of the molecule is CC(C)(C)OC(=O)c1ccc(-c2c([C@@H]3C[C@H]3c3ccc4ccccc4n3)nc3c(N4CCOCC4)cc(Cl)nn23)cc1. The molecule has 2 atom stereocenters. The fourth-order valence-corrected chi connectivity index (χ4v) is 5.95. The molecule has 8 nitrogen and oxygen atoms in total. The van der Waals surface area contributed by atoms with Crippen LogP contribution in [0, 0.1) is 0 Å². The van der Waals surface area contributed by atoms with Crippen molar-refractivity contribution in [2.45, 2.75) is 44.6 Å². The largest absolute Gasteiger partial charge is 0.456 e. The van der Waals surface area contributed by atoms with Crippen molar-refractivity contribution in [2.24, 2.45) is 0 Å². The maximum atomic E-state index is 12.7. The van der Waals surface area contributed by atoms with Crippen molar-refractivity contribution < 1.29 is 14.3 Å². The van der Waals surface area contributed by atoms with Gasteiger partial charge in [0.2, 0.25) is 0 Å². The second kappa shape index (κ2) is 10.4. The molecule has 0 spiro atoms. The molecular weight excluding hydrogens is 550 g/mol. The third kappa shape index (κ3) is 5.10. The zero-order valence-electron chi connectivity index (χ0n) is 23.9. The van der Waals surface area contributed by atoms with Gasteiger partial charge in [0.15, 0.2) is 10.8 Å². The molecule has 0 bridgehead atoms. The Morgan fingerprint density at radius 1 is 0.976 bits per heavy atom. The zero-order valence-corrected chi connectivity index (χ0v) is 24.6. The van der Waals surface area contributed by atoms with Crippen molar-refractivity contribution >= 4 is 39.8 Å². The normalized spacial score (nSPS) is 18.9. The number of fused-ring (bicyclic) bond motifs is 2. The number of para-hydroxylation sites is 1. The highest BCUT2D eigenvalue weighted by Gasteiger charge is 2.44. The number of carbonyl (C=O) groups excluding carboxylic acids is 1. The van der Waals surface area contributed by atoms with Crippen molar-refractivity contribution in [1.29, 1.82) is 0 Å². The highest BCUT2D eigenvalue weighted by molar-refractivity contribution is 6.29. The maximum absolute atomic E-state index is 12.7. The van der Waals surface area contributed by atoms with Gasteiger partial charge >= 0.3 is 5.97 Å². The van der Waals surface area contributed by atoms with Gasteiger partial charge in [-0.25, -0.2) is 14.3 Å². The smallest absolute Gasteiger partial charge is 0.338 e. The first kappa shape index (κ1) is 26.9.